The standard InChI is InChI=1S/C15H21N3/c1-15(11-16-8-5-9-18(15)2)13-10-17-14-7-4-3-6-12(13)14/h3-4,6-7,10,16-17H,5,8-9,11H2,1-2H3. The van der Waals surface area contributed by atoms with Crippen LogP contribution in [0.15, 0.2) is 30.5 Å². The molecule has 0 saturated carbocycles. The molecule has 3 rings (SSSR count). The molecule has 1 saturated heterocycles. The summed E-state index contributed by atoms with van der Waals surface area (Å²) < 4.78 is 0. The lowest BCUT2D eigenvalue weighted by Crippen LogP contribution is -2.46. The molecule has 2 N–H and O–H groups in total. The second kappa shape index (κ2) is 4.41. The predicted molar refractivity (Wildman–Crippen MR) is 75.8 cm³/mol. The topological polar surface area (TPSA) is 31.1 Å². The number of benzene rings is 1. The van der Waals surface area contributed by atoms with E-state index in [9.17, 15) is 0 Å². The smallest absolute Gasteiger partial charge is 0.0576 e. The number of nitrogens with zero attached hydrogens (tertiary/aromatic N) is 1. The second-order valence-corrected chi connectivity index (χ2v) is 5.47. The summed E-state index contributed by atoms with van der Waals surface area (Å²) in [6, 6.07) is 8.56. The SMILES string of the molecule is CN1CCCNCC1(C)c1c[nH]c2ccccc12. The Bertz CT molecular complexity index is 545. The van der Waals surface area contributed by atoms with Gasteiger partial charge in [-0.25, -0.2) is 0 Å². The van der Waals surface area contributed by atoms with Crippen LogP contribution in [0.3, 0.4) is 0 Å². The summed E-state index contributed by atoms with van der Waals surface area (Å²) in [5.41, 5.74) is 2.69. The highest BCUT2D eigenvalue weighted by Crippen LogP contribution is 2.33. The molecule has 96 valence electrons. The van der Waals surface area contributed by atoms with E-state index in [0.29, 0.717) is 0 Å². The van der Waals surface area contributed by atoms with E-state index < -0.39 is 0 Å². The van der Waals surface area contributed by atoms with Crippen LogP contribution >= 0.6 is 0 Å². The van der Waals surface area contributed by atoms with Crippen molar-refractivity contribution in [2.75, 3.05) is 26.7 Å². The van der Waals surface area contributed by atoms with E-state index >= 15 is 0 Å². The first-order valence-corrected chi connectivity index (χ1v) is 6.70. The van der Waals surface area contributed by atoms with Gasteiger partial charge >= 0.3 is 0 Å². The minimum atomic E-state index is 0.0656. The summed E-state index contributed by atoms with van der Waals surface area (Å²) in [5, 5.41) is 4.91. The van der Waals surface area contributed by atoms with E-state index in [1.54, 1.807) is 0 Å². The quantitative estimate of drug-likeness (QED) is 0.805. The molecule has 1 aromatic heterocycles. The number of likely N-dealkylation sites (N-methyl/N-ethyl adjacent to an activating group) is 1. The summed E-state index contributed by atoms with van der Waals surface area (Å²) in [6.45, 7) is 5.59. The highest BCUT2D eigenvalue weighted by Gasteiger charge is 2.34. The van der Waals surface area contributed by atoms with Crippen molar-refractivity contribution >= 4 is 10.9 Å². The molecule has 3 heteroatoms. The van der Waals surface area contributed by atoms with Gasteiger partial charge in [0, 0.05) is 23.6 Å². The maximum atomic E-state index is 3.57. The molecular formula is C15H21N3. The third kappa shape index (κ3) is 1.74. The van der Waals surface area contributed by atoms with Gasteiger partial charge in [0.2, 0.25) is 0 Å². The van der Waals surface area contributed by atoms with Gasteiger partial charge in [-0.05, 0) is 45.1 Å². The molecule has 0 bridgehead atoms. The van der Waals surface area contributed by atoms with E-state index in [1.165, 1.54) is 22.9 Å². The van der Waals surface area contributed by atoms with Crippen LogP contribution in [-0.4, -0.2) is 36.6 Å². The minimum absolute atomic E-state index is 0.0656. The van der Waals surface area contributed by atoms with Crippen molar-refractivity contribution in [1.29, 1.82) is 0 Å². The van der Waals surface area contributed by atoms with Gasteiger partial charge in [-0.1, -0.05) is 18.2 Å². The van der Waals surface area contributed by atoms with Gasteiger partial charge in [0.15, 0.2) is 0 Å². The number of fused-ring (bicyclic) bond motifs is 1. The molecule has 1 fully saturated rings. The lowest BCUT2D eigenvalue weighted by Gasteiger charge is -2.37. The van der Waals surface area contributed by atoms with Crippen molar-refractivity contribution in [3.63, 3.8) is 0 Å². The van der Waals surface area contributed by atoms with Gasteiger partial charge in [0.25, 0.3) is 0 Å². The summed E-state index contributed by atoms with van der Waals surface area (Å²) in [6.07, 6.45) is 3.39. The summed E-state index contributed by atoms with van der Waals surface area (Å²) in [7, 11) is 2.23. The summed E-state index contributed by atoms with van der Waals surface area (Å²) in [4.78, 5) is 5.87. The first kappa shape index (κ1) is 11.8. The summed E-state index contributed by atoms with van der Waals surface area (Å²) >= 11 is 0. The number of aromatic nitrogens is 1. The molecule has 0 radical (unpaired) electrons. The maximum absolute atomic E-state index is 3.57. The molecule has 3 nitrogen and oxygen atoms in total. The van der Waals surface area contributed by atoms with Crippen LogP contribution in [0.25, 0.3) is 10.9 Å². The first-order chi connectivity index (χ1) is 8.72. The average Bonchev–Trinajstić information content (AvgIpc) is 2.74. The molecule has 1 aliphatic rings. The number of hydrogen-bond acceptors (Lipinski definition) is 2. The zero-order chi connectivity index (χ0) is 12.6. The fraction of sp³-hybridized carbons (Fsp3) is 0.467. The Balaban J connectivity index is 2.11. The largest absolute Gasteiger partial charge is 0.361 e. The molecule has 18 heavy (non-hydrogen) atoms. The Morgan fingerprint density at radius 1 is 1.28 bits per heavy atom. The van der Waals surface area contributed by atoms with Crippen molar-refractivity contribution in [2.45, 2.75) is 18.9 Å². The van der Waals surface area contributed by atoms with Crippen LogP contribution in [-0.2, 0) is 5.54 Å². The van der Waals surface area contributed by atoms with Crippen molar-refractivity contribution in [2.24, 2.45) is 0 Å². The van der Waals surface area contributed by atoms with Crippen molar-refractivity contribution in [3.05, 3.63) is 36.0 Å². The average molecular weight is 243 g/mol. The van der Waals surface area contributed by atoms with Crippen LogP contribution in [0.4, 0.5) is 0 Å². The first-order valence-electron chi connectivity index (χ1n) is 6.70. The Morgan fingerprint density at radius 3 is 3.00 bits per heavy atom. The molecule has 0 amide bonds. The number of H-pyrrole nitrogens is 1. The van der Waals surface area contributed by atoms with Crippen LogP contribution in [0.5, 0.6) is 0 Å². The monoisotopic (exact) mass is 243 g/mol. The lowest BCUT2D eigenvalue weighted by molar-refractivity contribution is 0.153. The molecule has 1 aromatic carbocycles. The van der Waals surface area contributed by atoms with Crippen molar-refractivity contribution in [1.82, 2.24) is 15.2 Å². The van der Waals surface area contributed by atoms with Crippen molar-refractivity contribution in [3.8, 4) is 0 Å². The maximum Gasteiger partial charge on any atom is 0.0576 e. The van der Waals surface area contributed by atoms with Crippen molar-refractivity contribution < 1.29 is 0 Å². The van der Waals surface area contributed by atoms with Gasteiger partial charge in [0.1, 0.15) is 0 Å². The van der Waals surface area contributed by atoms with Gasteiger partial charge in [0.05, 0.1) is 5.54 Å². The van der Waals surface area contributed by atoms with Gasteiger partial charge in [-0.2, -0.15) is 0 Å². The Labute approximate surface area is 108 Å². The highest BCUT2D eigenvalue weighted by molar-refractivity contribution is 5.84. The third-order valence-electron chi connectivity index (χ3n) is 4.33. The minimum Gasteiger partial charge on any atom is -0.361 e. The van der Waals surface area contributed by atoms with Gasteiger partial charge in [-0.3, -0.25) is 4.90 Å². The second-order valence-electron chi connectivity index (χ2n) is 5.47. The Morgan fingerprint density at radius 2 is 2.11 bits per heavy atom. The molecule has 0 spiro atoms. The predicted octanol–water partition coefficient (Wildman–Crippen LogP) is 2.31. The fourth-order valence-corrected chi connectivity index (χ4v) is 2.97. The molecular weight excluding hydrogens is 222 g/mol. The highest BCUT2D eigenvalue weighted by atomic mass is 15.2. The van der Waals surface area contributed by atoms with E-state index in [2.05, 4.69) is 59.6 Å². The lowest BCUT2D eigenvalue weighted by atomic mass is 9.90. The van der Waals surface area contributed by atoms with Crippen LogP contribution in [0.1, 0.15) is 18.9 Å². The molecule has 0 aliphatic carbocycles. The number of para-hydroxylation sites is 1. The van der Waals surface area contributed by atoms with Gasteiger partial charge < -0.3 is 10.3 Å². The van der Waals surface area contributed by atoms with Crippen LogP contribution < -0.4 is 5.32 Å². The molecule has 1 aliphatic heterocycles. The zero-order valence-electron chi connectivity index (χ0n) is 11.2. The van der Waals surface area contributed by atoms with E-state index in [4.69, 9.17) is 0 Å². The normalized spacial score (nSPS) is 26.3. The Kier molecular flexibility index (Phi) is 2.88. The molecule has 2 heterocycles. The van der Waals surface area contributed by atoms with E-state index in [1.807, 2.05) is 0 Å². The fourth-order valence-electron chi connectivity index (χ4n) is 2.97. The number of nitrogens with one attached hydrogen (secondary N) is 2. The summed E-state index contributed by atoms with van der Waals surface area (Å²) in [5.74, 6) is 0. The van der Waals surface area contributed by atoms with Gasteiger partial charge in [-0.15, -0.1) is 0 Å². The van der Waals surface area contributed by atoms with Crippen LogP contribution in [0, 0.1) is 0 Å². The number of hydrogen-bond donors (Lipinski definition) is 2. The molecule has 1 atom stereocenters. The van der Waals surface area contributed by atoms with E-state index in [0.717, 1.165) is 19.6 Å². The zero-order valence-corrected chi connectivity index (χ0v) is 11.2. The number of aromatic amines is 1. The van der Waals surface area contributed by atoms with Crippen LogP contribution in [0.2, 0.25) is 0 Å². The number of rotatable bonds is 1. The van der Waals surface area contributed by atoms with E-state index in [-0.39, 0.29) is 5.54 Å². The molecule has 2 aromatic rings. The third-order valence-corrected chi connectivity index (χ3v) is 4.33. The molecule has 1 unspecified atom stereocenters. The Hall–Kier alpha value is -1.32.